The van der Waals surface area contributed by atoms with Crippen LogP contribution < -0.4 is 9.80 Å². The minimum Gasteiger partial charge on any atom is -0.381 e. The zero-order valence-electron chi connectivity index (χ0n) is 79.1. The van der Waals surface area contributed by atoms with Crippen molar-refractivity contribution in [2.45, 2.75) is 250 Å². The van der Waals surface area contributed by atoms with Crippen LogP contribution in [0.5, 0.6) is 0 Å². The molecule has 0 radical (unpaired) electrons. The van der Waals surface area contributed by atoms with Gasteiger partial charge in [-0.3, -0.25) is 0 Å². The fraction of sp³-hybridized carbons (Fsp3) is 0.496. The summed E-state index contributed by atoms with van der Waals surface area (Å²) in [6.45, 7) is 26.4. The summed E-state index contributed by atoms with van der Waals surface area (Å²) < 4.78 is 49.5. The number of benzene rings is 10. The van der Waals surface area contributed by atoms with Gasteiger partial charge in [-0.2, -0.15) is 0 Å². The number of rotatable bonds is 54. The highest BCUT2D eigenvalue weighted by molar-refractivity contribution is 5.99. The zero-order valence-corrected chi connectivity index (χ0v) is 79.1. The van der Waals surface area contributed by atoms with Crippen molar-refractivity contribution in [3.05, 3.63) is 264 Å². The first-order chi connectivity index (χ1) is 63.5. The maximum atomic E-state index is 6.61. The van der Waals surface area contributed by atoms with E-state index in [1.807, 2.05) is 0 Å². The Morgan fingerprint density at radius 3 is 0.837 bits per heavy atom. The van der Waals surface area contributed by atoms with Gasteiger partial charge in [0.05, 0.1) is 90.7 Å². The molecule has 0 bridgehead atoms. The summed E-state index contributed by atoms with van der Waals surface area (Å²) in [6, 6.07) is 90.6. The molecule has 3 aliphatic carbocycles. The average Bonchev–Trinajstić information content (AvgIpc) is 1.57. The van der Waals surface area contributed by atoms with Crippen LogP contribution >= 0.6 is 0 Å². The molecule has 10 nitrogen and oxygen atoms in total. The Bertz CT molecular complexity index is 4820. The largest absolute Gasteiger partial charge is 0.381 e. The lowest BCUT2D eigenvalue weighted by atomic mass is 9.70. The fourth-order valence-electron chi connectivity index (χ4n) is 23.0. The molecular weight excluding hydrogens is 1590 g/mol. The fourth-order valence-corrected chi connectivity index (χ4v) is 23.0. The number of ether oxygens (including phenoxy) is 8. The molecule has 0 atom stereocenters. The Morgan fingerprint density at radius 2 is 0.519 bits per heavy atom. The van der Waals surface area contributed by atoms with E-state index in [-0.39, 0.29) is 37.9 Å². The summed E-state index contributed by atoms with van der Waals surface area (Å²) in [5, 5.41) is 0. The maximum Gasteiger partial charge on any atom is 0.0566 e. The molecule has 10 aromatic rings. The first kappa shape index (κ1) is 92.3. The van der Waals surface area contributed by atoms with Gasteiger partial charge >= 0.3 is 0 Å². The SMILES string of the molecule is CCCCCCCCC1(CCCCCCCC)c2cc(N(c3ccc(-c4ccccc4)cc3)c3cccc4c3-c3ccccc3C4(CCCCOCC3(CC)COC3)CCCCOCC3(CC)COC3)ccc2-c2ccc(N(c3ccc(-c4ccccc4)cc3)c3cccc4c3-c3ccccc3C4(CCCCOCC3(CC)COC3)CCCCOCC3(CC)COC3)cc21. The molecule has 4 fully saturated rings. The van der Waals surface area contributed by atoms with Crippen LogP contribution in [0.25, 0.3) is 55.6 Å². The van der Waals surface area contributed by atoms with Crippen molar-refractivity contribution in [3.63, 3.8) is 0 Å². The molecule has 682 valence electrons. The van der Waals surface area contributed by atoms with E-state index >= 15 is 0 Å². The Kier molecular flexibility index (Phi) is 30.8. The van der Waals surface area contributed by atoms with Crippen LogP contribution in [-0.4, -0.2) is 106 Å². The van der Waals surface area contributed by atoms with Gasteiger partial charge < -0.3 is 47.7 Å². The van der Waals surface area contributed by atoms with Crippen molar-refractivity contribution in [2.75, 3.05) is 116 Å². The highest BCUT2D eigenvalue weighted by Crippen LogP contribution is 2.63. The first-order valence-electron chi connectivity index (χ1n) is 50.8. The molecule has 4 aliphatic heterocycles. The summed E-state index contributed by atoms with van der Waals surface area (Å²) >= 11 is 0. The molecule has 0 amide bonds. The van der Waals surface area contributed by atoms with Gasteiger partial charge in [-0.1, -0.05) is 288 Å². The summed E-state index contributed by atoms with van der Waals surface area (Å²) in [5.74, 6) is 0. The predicted octanol–water partition coefficient (Wildman–Crippen LogP) is 30.7. The van der Waals surface area contributed by atoms with Gasteiger partial charge in [0, 0.05) is 98.2 Å². The van der Waals surface area contributed by atoms with Crippen LogP contribution in [0, 0.1) is 21.7 Å². The highest BCUT2D eigenvalue weighted by Gasteiger charge is 2.49. The molecule has 7 aliphatic rings. The smallest absolute Gasteiger partial charge is 0.0566 e. The minimum atomic E-state index is -0.309. The van der Waals surface area contributed by atoms with E-state index in [1.165, 1.54) is 176 Å². The number of hydrogen-bond acceptors (Lipinski definition) is 10. The molecular formula is C119H148N2O8. The van der Waals surface area contributed by atoms with Crippen molar-refractivity contribution >= 4 is 34.1 Å². The van der Waals surface area contributed by atoms with Crippen LogP contribution in [0.15, 0.2) is 231 Å². The van der Waals surface area contributed by atoms with Crippen molar-refractivity contribution in [1.82, 2.24) is 0 Å². The van der Waals surface area contributed by atoms with E-state index in [4.69, 9.17) is 37.9 Å². The van der Waals surface area contributed by atoms with Gasteiger partial charge in [-0.15, -0.1) is 0 Å². The number of unbranched alkanes of at least 4 members (excludes halogenated alkanes) is 14. The third-order valence-corrected chi connectivity index (χ3v) is 31.7. The third kappa shape index (κ3) is 19.7. The number of anilines is 6. The van der Waals surface area contributed by atoms with E-state index in [0.29, 0.717) is 0 Å². The molecule has 10 aromatic carbocycles. The molecule has 0 saturated carbocycles. The Morgan fingerprint density at radius 1 is 0.240 bits per heavy atom. The average molecular weight is 1730 g/mol. The monoisotopic (exact) mass is 1730 g/mol. The molecule has 0 aromatic heterocycles. The lowest BCUT2D eigenvalue weighted by Gasteiger charge is -2.40. The van der Waals surface area contributed by atoms with Crippen LogP contribution in [0.2, 0.25) is 0 Å². The highest BCUT2D eigenvalue weighted by atomic mass is 16.5. The Labute approximate surface area is 774 Å². The Balaban J connectivity index is 0.796. The second kappa shape index (κ2) is 43.0. The van der Waals surface area contributed by atoms with Crippen molar-refractivity contribution < 1.29 is 37.9 Å². The first-order valence-corrected chi connectivity index (χ1v) is 50.8. The molecule has 4 heterocycles. The van der Waals surface area contributed by atoms with E-state index in [2.05, 4.69) is 282 Å². The van der Waals surface area contributed by atoms with E-state index < -0.39 is 0 Å². The quantitative estimate of drug-likeness (QED) is 0.0344. The standard InChI is InChI=1S/C119H148N2O8/c1-7-13-15-17-19-31-67-119(68-32-20-18-16-14-8-2)107-77-97(120(95-59-55-93(56-60-95)91-43-23-21-24-44-91)109-53-41-51-105-111(109)101-47-27-29-49-103(101)117(105,69-33-37-73-122-79-113(9-3)83-126-84-113)70-34-38-74-123-80-114(10-4)85-127-86-114)63-65-99(107)100-66-64-98(78-108(100)119)121(96-61-57-94(58-62-96)92-45-25-22-26-46-92)110-54-42-52-106-112(110)102-48-28-30-50-104(102)118(106,71-35-39-75-124-81-115(11-5)87-128-88-115)72-36-40-76-125-82-116(12-6)89-129-90-116/h21-30,41-66,77-78H,7-20,31-40,67-76,79-90H2,1-6H3. The Hall–Kier alpha value is -8.52. The van der Waals surface area contributed by atoms with Gasteiger partial charge in [0.1, 0.15) is 0 Å². The lowest BCUT2D eigenvalue weighted by molar-refractivity contribution is -0.150. The number of nitrogens with zero attached hydrogens (tertiary/aromatic N) is 2. The third-order valence-electron chi connectivity index (χ3n) is 31.7. The molecule has 0 unspecified atom stereocenters. The van der Waals surface area contributed by atoms with Gasteiger partial charge in [-0.25, -0.2) is 0 Å². The van der Waals surface area contributed by atoms with Crippen LogP contribution in [0.3, 0.4) is 0 Å². The second-order valence-electron chi connectivity index (χ2n) is 40.2. The molecule has 17 rings (SSSR count). The predicted molar refractivity (Wildman–Crippen MR) is 534 cm³/mol. The van der Waals surface area contributed by atoms with E-state index in [9.17, 15) is 0 Å². The lowest BCUT2D eigenvalue weighted by Crippen LogP contribution is -2.45. The van der Waals surface area contributed by atoms with Crippen molar-refractivity contribution in [2.24, 2.45) is 21.7 Å². The minimum absolute atomic E-state index is 0.156. The maximum absolute atomic E-state index is 6.61. The van der Waals surface area contributed by atoms with Gasteiger partial charge in [0.15, 0.2) is 0 Å². The van der Waals surface area contributed by atoms with Crippen molar-refractivity contribution in [3.8, 4) is 55.6 Å². The molecule has 0 spiro atoms. The van der Waals surface area contributed by atoms with Crippen molar-refractivity contribution in [1.29, 1.82) is 0 Å². The summed E-state index contributed by atoms with van der Waals surface area (Å²) in [5.41, 5.74) is 28.8. The van der Waals surface area contributed by atoms with Crippen LogP contribution in [-0.2, 0) is 54.1 Å². The van der Waals surface area contributed by atoms with E-state index in [0.717, 1.165) is 246 Å². The van der Waals surface area contributed by atoms with Gasteiger partial charge in [0.2, 0.25) is 0 Å². The topological polar surface area (TPSA) is 80.3 Å². The van der Waals surface area contributed by atoms with Gasteiger partial charge in [0.25, 0.3) is 0 Å². The molecule has 4 saturated heterocycles. The number of fused-ring (bicyclic) bond motifs is 9. The normalized spacial score (nSPS) is 17.2. The second-order valence-corrected chi connectivity index (χ2v) is 40.2. The van der Waals surface area contributed by atoms with E-state index in [1.54, 1.807) is 0 Å². The van der Waals surface area contributed by atoms with Crippen LogP contribution in [0.4, 0.5) is 34.1 Å². The zero-order chi connectivity index (χ0) is 88.4. The molecule has 0 N–H and O–H groups in total. The summed E-state index contributed by atoms with van der Waals surface area (Å²) in [6.07, 6.45) is 33.7. The van der Waals surface area contributed by atoms with Crippen LogP contribution in [0.1, 0.15) is 268 Å². The van der Waals surface area contributed by atoms with Gasteiger partial charge in [-0.05, 0) is 254 Å². The molecule has 129 heavy (non-hydrogen) atoms. The summed E-state index contributed by atoms with van der Waals surface area (Å²) in [4.78, 5) is 5.38. The molecule has 10 heteroatoms. The number of hydrogen-bond donors (Lipinski definition) is 0. The summed E-state index contributed by atoms with van der Waals surface area (Å²) in [7, 11) is 0.